The molecule has 4 rings (SSSR count). The summed E-state index contributed by atoms with van der Waals surface area (Å²) in [5.41, 5.74) is 1.99. The fourth-order valence-corrected chi connectivity index (χ4v) is 3.09. The van der Waals surface area contributed by atoms with E-state index in [1.54, 1.807) is 55.7 Å². The predicted molar refractivity (Wildman–Crippen MR) is 111 cm³/mol. The van der Waals surface area contributed by atoms with Crippen LogP contribution in [-0.4, -0.2) is 28.9 Å². The molecule has 0 spiro atoms. The molecule has 0 atom stereocenters. The second-order valence-corrected chi connectivity index (χ2v) is 6.54. The summed E-state index contributed by atoms with van der Waals surface area (Å²) in [6.45, 7) is 1.84. The molecule has 146 valence electrons. The number of pyridine rings is 1. The van der Waals surface area contributed by atoms with Crippen LogP contribution in [0.25, 0.3) is 11.6 Å². The molecular weight excluding hydrogens is 394 g/mol. The van der Waals surface area contributed by atoms with Gasteiger partial charge < -0.3 is 19.6 Å². The van der Waals surface area contributed by atoms with Crippen LogP contribution in [0.3, 0.4) is 0 Å². The van der Waals surface area contributed by atoms with Crippen LogP contribution >= 0.6 is 11.6 Å². The molecule has 1 aliphatic heterocycles. The maximum atomic E-state index is 12.4. The van der Waals surface area contributed by atoms with Gasteiger partial charge in [0.2, 0.25) is 5.88 Å². The van der Waals surface area contributed by atoms with Crippen LogP contribution in [0.15, 0.2) is 52.0 Å². The molecule has 0 unspecified atom stereocenters. The minimum Gasteiger partial charge on any atom is -0.504 e. The van der Waals surface area contributed by atoms with E-state index < -0.39 is 5.97 Å². The Kier molecular flexibility index (Phi) is 5.05. The number of halogens is 1. The third kappa shape index (κ3) is 3.72. The van der Waals surface area contributed by atoms with Crippen molar-refractivity contribution < 1.29 is 19.1 Å². The van der Waals surface area contributed by atoms with Gasteiger partial charge in [0, 0.05) is 34.3 Å². The Morgan fingerprint density at radius 3 is 3.00 bits per heavy atom. The Bertz CT molecular complexity index is 1150. The summed E-state index contributed by atoms with van der Waals surface area (Å²) >= 11 is 6.02. The molecule has 0 amide bonds. The van der Waals surface area contributed by atoms with Crippen molar-refractivity contribution in [3.8, 4) is 5.75 Å². The molecule has 3 aromatic rings. The molecule has 2 aromatic heterocycles. The van der Waals surface area contributed by atoms with Crippen molar-refractivity contribution >= 4 is 52.8 Å². The molecule has 0 saturated carbocycles. The number of nitrogens with zero attached hydrogens (tertiary/aromatic N) is 2. The number of carbonyl (C=O) groups excluding carboxylic acids is 1. The number of furan rings is 1. The first-order valence-electron chi connectivity index (χ1n) is 8.83. The van der Waals surface area contributed by atoms with Gasteiger partial charge in [0.1, 0.15) is 0 Å². The normalized spacial score (nSPS) is 13.5. The molecule has 3 heterocycles. The Labute approximate surface area is 171 Å². The zero-order chi connectivity index (χ0) is 20.4. The zero-order valence-electron chi connectivity index (χ0n) is 15.3. The van der Waals surface area contributed by atoms with Gasteiger partial charge in [-0.2, -0.15) is 0 Å². The van der Waals surface area contributed by atoms with E-state index in [0.717, 1.165) is 5.56 Å². The summed E-state index contributed by atoms with van der Waals surface area (Å²) in [5.74, 6) is -0.309. The van der Waals surface area contributed by atoms with Crippen molar-refractivity contribution in [3.05, 3.63) is 64.5 Å². The number of aromatic hydroxyl groups is 1. The number of benzene rings is 1. The fourth-order valence-electron chi connectivity index (χ4n) is 2.90. The number of nitrogens with one attached hydrogen (secondary N) is 1. The van der Waals surface area contributed by atoms with Gasteiger partial charge in [-0.15, -0.1) is 0 Å². The Hall–Kier alpha value is -3.58. The highest BCUT2D eigenvalue weighted by Gasteiger charge is 2.27. The van der Waals surface area contributed by atoms with Crippen molar-refractivity contribution in [2.45, 2.75) is 6.92 Å². The van der Waals surface area contributed by atoms with E-state index in [-0.39, 0.29) is 29.6 Å². The van der Waals surface area contributed by atoms with Crippen molar-refractivity contribution in [1.82, 2.24) is 4.98 Å². The first-order valence-corrected chi connectivity index (χ1v) is 9.21. The molecule has 0 fully saturated rings. The summed E-state index contributed by atoms with van der Waals surface area (Å²) in [6, 6.07) is 10.5. The monoisotopic (exact) mass is 409 g/mol. The number of hydrogen-bond acceptors (Lipinski definition) is 7. The Morgan fingerprint density at radius 2 is 2.21 bits per heavy atom. The van der Waals surface area contributed by atoms with Crippen LogP contribution in [0.5, 0.6) is 5.75 Å². The number of aromatic nitrogens is 1. The van der Waals surface area contributed by atoms with Gasteiger partial charge in [-0.3, -0.25) is 0 Å². The lowest BCUT2D eigenvalue weighted by Gasteiger charge is -2.06. The van der Waals surface area contributed by atoms with Crippen molar-refractivity contribution in [2.75, 3.05) is 11.9 Å². The molecule has 0 saturated heterocycles. The first-order chi connectivity index (χ1) is 14.1. The van der Waals surface area contributed by atoms with Crippen LogP contribution in [0.2, 0.25) is 5.02 Å². The smallest absolute Gasteiger partial charge is 0.347 e. The van der Waals surface area contributed by atoms with E-state index in [2.05, 4.69) is 15.3 Å². The number of aliphatic imine (C=N–C) groups is 1. The summed E-state index contributed by atoms with van der Waals surface area (Å²) in [4.78, 5) is 20.8. The maximum Gasteiger partial charge on any atom is 0.347 e. The number of carbonyl (C=O) groups is 1. The minimum absolute atomic E-state index is 0.0522. The van der Waals surface area contributed by atoms with Crippen LogP contribution in [0.1, 0.15) is 28.6 Å². The second-order valence-electron chi connectivity index (χ2n) is 6.11. The predicted octanol–water partition coefficient (Wildman–Crippen LogP) is 5.21. The van der Waals surface area contributed by atoms with Crippen LogP contribution in [0, 0.1) is 0 Å². The summed E-state index contributed by atoms with van der Waals surface area (Å²) in [7, 11) is 0. The number of anilines is 2. The topological polar surface area (TPSA) is 97.0 Å². The molecule has 29 heavy (non-hydrogen) atoms. The van der Waals surface area contributed by atoms with Gasteiger partial charge in [0.05, 0.1) is 6.61 Å². The number of esters is 1. The zero-order valence-corrected chi connectivity index (χ0v) is 16.1. The quantitative estimate of drug-likeness (QED) is 0.561. The van der Waals surface area contributed by atoms with Crippen LogP contribution in [-0.2, 0) is 4.74 Å². The van der Waals surface area contributed by atoms with Gasteiger partial charge in [-0.1, -0.05) is 17.7 Å². The molecular formula is C21H16ClN3O4. The van der Waals surface area contributed by atoms with E-state index in [1.165, 1.54) is 0 Å². The minimum atomic E-state index is -0.704. The summed E-state index contributed by atoms with van der Waals surface area (Å²) in [6.07, 6.45) is 4.86. The number of rotatable bonds is 5. The van der Waals surface area contributed by atoms with Gasteiger partial charge in [-0.05, 0) is 43.3 Å². The molecule has 1 aromatic carbocycles. The highest BCUT2D eigenvalue weighted by Crippen LogP contribution is 2.39. The number of fused-ring (bicyclic) bond motifs is 1. The fraction of sp³-hybridized carbons (Fsp3) is 0.0952. The van der Waals surface area contributed by atoms with Gasteiger partial charge in [0.25, 0.3) is 0 Å². The third-order valence-corrected chi connectivity index (χ3v) is 4.42. The van der Waals surface area contributed by atoms with E-state index in [0.29, 0.717) is 22.1 Å². The highest BCUT2D eigenvalue weighted by molar-refractivity contribution is 6.30. The molecule has 0 bridgehead atoms. The van der Waals surface area contributed by atoms with Gasteiger partial charge in [0.15, 0.2) is 22.9 Å². The molecule has 2 N–H and O–H groups in total. The van der Waals surface area contributed by atoms with Crippen LogP contribution in [0.4, 0.5) is 17.4 Å². The number of allylic oxidation sites excluding steroid dienone is 1. The highest BCUT2D eigenvalue weighted by atomic mass is 35.5. The lowest BCUT2D eigenvalue weighted by atomic mass is 10.1. The standard InChI is InChI=1S/C21H16ClN3O4/c1-2-28-21(27)17-18(26)16(9-12-11-24-19-15(12)7-4-8-23-19)29-20(17)25-14-6-3-5-13(22)10-14/h3-11,25-26H,2H2,1H3/b12-9+. The molecule has 8 heteroatoms. The molecule has 0 aliphatic carbocycles. The summed E-state index contributed by atoms with van der Waals surface area (Å²) in [5, 5.41) is 14.2. The molecule has 7 nitrogen and oxygen atoms in total. The lowest BCUT2D eigenvalue weighted by Crippen LogP contribution is -2.06. The first kappa shape index (κ1) is 18.8. The lowest BCUT2D eigenvalue weighted by molar-refractivity contribution is 0.0524. The van der Waals surface area contributed by atoms with E-state index in [4.69, 9.17) is 20.8 Å². The molecule has 0 radical (unpaired) electrons. The second kappa shape index (κ2) is 7.81. The van der Waals surface area contributed by atoms with Crippen LogP contribution < -0.4 is 5.32 Å². The van der Waals surface area contributed by atoms with Crippen molar-refractivity contribution in [2.24, 2.45) is 4.99 Å². The number of ether oxygens (including phenoxy) is 1. The largest absolute Gasteiger partial charge is 0.504 e. The average Bonchev–Trinajstić information content (AvgIpc) is 3.24. The average molecular weight is 410 g/mol. The van der Waals surface area contributed by atoms with E-state index in [9.17, 15) is 9.90 Å². The third-order valence-electron chi connectivity index (χ3n) is 4.18. The summed E-state index contributed by atoms with van der Waals surface area (Å²) < 4.78 is 10.8. The Morgan fingerprint density at radius 1 is 1.34 bits per heavy atom. The maximum absolute atomic E-state index is 12.4. The Balaban J connectivity index is 1.77. The van der Waals surface area contributed by atoms with Gasteiger partial charge in [-0.25, -0.2) is 14.8 Å². The number of hydrogen-bond donors (Lipinski definition) is 2. The van der Waals surface area contributed by atoms with Crippen molar-refractivity contribution in [3.63, 3.8) is 0 Å². The van der Waals surface area contributed by atoms with Gasteiger partial charge >= 0.3 is 5.97 Å². The van der Waals surface area contributed by atoms with Crippen molar-refractivity contribution in [1.29, 1.82) is 0 Å². The molecule has 1 aliphatic rings. The SMILES string of the molecule is CCOC(=O)c1c(Nc2cccc(Cl)c2)oc(/C=C2\C=Nc3ncccc32)c1O. The van der Waals surface area contributed by atoms with E-state index >= 15 is 0 Å². The van der Waals surface area contributed by atoms with E-state index in [1.807, 2.05) is 6.07 Å².